The van der Waals surface area contributed by atoms with Gasteiger partial charge in [-0.15, -0.1) is 0 Å². The van der Waals surface area contributed by atoms with Gasteiger partial charge in [0.2, 0.25) is 5.91 Å². The highest BCUT2D eigenvalue weighted by Gasteiger charge is 2.46. The summed E-state index contributed by atoms with van der Waals surface area (Å²) in [5, 5.41) is 2.42. The number of alkyl halides is 3. The van der Waals surface area contributed by atoms with E-state index in [2.05, 4.69) is 5.32 Å². The number of sulfonamides is 1. The Bertz CT molecular complexity index is 1120. The van der Waals surface area contributed by atoms with Gasteiger partial charge in [0, 0.05) is 23.9 Å². The van der Waals surface area contributed by atoms with E-state index in [0.29, 0.717) is 22.8 Å². The van der Waals surface area contributed by atoms with Gasteiger partial charge in [0.15, 0.2) is 0 Å². The number of rotatable bonds is 9. The van der Waals surface area contributed by atoms with E-state index in [1.165, 1.54) is 44.3 Å². The van der Waals surface area contributed by atoms with E-state index in [0.717, 1.165) is 19.3 Å². The Morgan fingerprint density at radius 3 is 1.97 bits per heavy atom. The number of ether oxygens (including phenoxy) is 4. The summed E-state index contributed by atoms with van der Waals surface area (Å²) in [4.78, 5) is 12.4. The van der Waals surface area contributed by atoms with Crippen LogP contribution in [0.1, 0.15) is 5.56 Å². The molecule has 13 heteroatoms. The van der Waals surface area contributed by atoms with Gasteiger partial charge in [0.1, 0.15) is 23.0 Å². The van der Waals surface area contributed by atoms with Crippen LogP contribution in [-0.4, -0.2) is 48.3 Å². The molecule has 0 atom stereocenters. The molecule has 33 heavy (non-hydrogen) atoms. The first-order valence-corrected chi connectivity index (χ1v) is 10.5. The molecule has 2 aromatic rings. The Hall–Kier alpha value is -3.61. The second-order valence-corrected chi connectivity index (χ2v) is 7.91. The van der Waals surface area contributed by atoms with Gasteiger partial charge in [-0.1, -0.05) is 0 Å². The number of benzene rings is 2. The SMILES string of the molecule is COc1cc(OC)c(C=CC(=O)Nc2ccc(OC)c(NS(=O)(=O)C(F)(F)F)c2)c(OC)c1. The number of hydrogen-bond acceptors (Lipinski definition) is 7. The molecule has 0 bridgehead atoms. The summed E-state index contributed by atoms with van der Waals surface area (Å²) in [6, 6.07) is 6.68. The van der Waals surface area contributed by atoms with Crippen LogP contribution in [0.15, 0.2) is 36.4 Å². The predicted molar refractivity (Wildman–Crippen MR) is 115 cm³/mol. The third-order valence-corrected chi connectivity index (χ3v) is 5.27. The van der Waals surface area contributed by atoms with Gasteiger partial charge < -0.3 is 24.3 Å². The fourth-order valence-electron chi connectivity index (χ4n) is 2.61. The van der Waals surface area contributed by atoms with E-state index in [-0.39, 0.29) is 11.4 Å². The van der Waals surface area contributed by atoms with Crippen LogP contribution in [0.3, 0.4) is 0 Å². The van der Waals surface area contributed by atoms with Gasteiger partial charge in [-0.3, -0.25) is 9.52 Å². The Balaban J connectivity index is 2.29. The van der Waals surface area contributed by atoms with Crippen LogP contribution in [-0.2, 0) is 14.8 Å². The smallest absolute Gasteiger partial charge is 0.496 e. The molecule has 0 saturated carbocycles. The van der Waals surface area contributed by atoms with Crippen molar-refractivity contribution in [2.75, 3.05) is 38.5 Å². The van der Waals surface area contributed by atoms with Crippen LogP contribution in [0.25, 0.3) is 6.08 Å². The van der Waals surface area contributed by atoms with Crippen LogP contribution >= 0.6 is 0 Å². The Morgan fingerprint density at radius 1 is 0.909 bits per heavy atom. The second-order valence-electron chi connectivity index (χ2n) is 6.23. The van der Waals surface area contributed by atoms with Crippen LogP contribution < -0.4 is 29.0 Å². The lowest BCUT2D eigenvalue weighted by Crippen LogP contribution is -2.30. The number of carbonyl (C=O) groups is 1. The molecule has 0 saturated heterocycles. The van der Waals surface area contributed by atoms with Gasteiger partial charge >= 0.3 is 15.5 Å². The van der Waals surface area contributed by atoms with Crippen molar-refractivity contribution in [3.63, 3.8) is 0 Å². The van der Waals surface area contributed by atoms with Crippen LogP contribution in [0.2, 0.25) is 0 Å². The third-order valence-electron chi connectivity index (χ3n) is 4.17. The second kappa shape index (κ2) is 10.3. The number of carbonyl (C=O) groups excluding carboxylic acids is 1. The van der Waals surface area contributed by atoms with Crippen molar-refractivity contribution in [3.05, 3.63) is 42.0 Å². The van der Waals surface area contributed by atoms with E-state index in [4.69, 9.17) is 18.9 Å². The maximum atomic E-state index is 12.7. The fraction of sp³-hybridized carbons (Fsp3) is 0.250. The van der Waals surface area contributed by atoms with Gasteiger partial charge in [-0.2, -0.15) is 21.6 Å². The van der Waals surface area contributed by atoms with Crippen molar-refractivity contribution in [1.29, 1.82) is 0 Å². The first-order chi connectivity index (χ1) is 15.4. The molecule has 180 valence electrons. The minimum Gasteiger partial charge on any atom is -0.496 e. The molecule has 0 spiro atoms. The molecule has 1 amide bonds. The monoisotopic (exact) mass is 490 g/mol. The van der Waals surface area contributed by atoms with E-state index >= 15 is 0 Å². The molecule has 2 aromatic carbocycles. The molecular weight excluding hydrogens is 469 g/mol. The number of methoxy groups -OCH3 is 4. The zero-order valence-electron chi connectivity index (χ0n) is 17.9. The molecule has 2 rings (SSSR count). The maximum Gasteiger partial charge on any atom is 0.516 e. The lowest BCUT2D eigenvalue weighted by molar-refractivity contribution is -0.111. The summed E-state index contributed by atoms with van der Waals surface area (Å²) in [7, 11) is -0.227. The summed E-state index contributed by atoms with van der Waals surface area (Å²) in [6.07, 6.45) is 2.54. The third kappa shape index (κ3) is 6.22. The molecule has 2 N–H and O–H groups in total. The zero-order chi connectivity index (χ0) is 24.8. The largest absolute Gasteiger partial charge is 0.516 e. The van der Waals surface area contributed by atoms with E-state index in [1.54, 1.807) is 12.1 Å². The summed E-state index contributed by atoms with van der Waals surface area (Å²) in [6.45, 7) is 0. The lowest BCUT2D eigenvalue weighted by Gasteiger charge is -2.15. The normalized spacial score (nSPS) is 11.7. The van der Waals surface area contributed by atoms with Crippen molar-refractivity contribution < 1.29 is 45.3 Å². The minimum atomic E-state index is -5.69. The van der Waals surface area contributed by atoms with Crippen molar-refractivity contribution in [2.24, 2.45) is 0 Å². The molecular formula is C20H21F3N2O7S. The summed E-state index contributed by atoms with van der Waals surface area (Å²) in [5.41, 5.74) is -5.59. The minimum absolute atomic E-state index is 0.0129. The molecule has 0 radical (unpaired) electrons. The number of hydrogen-bond donors (Lipinski definition) is 2. The Labute approximate surface area is 188 Å². The number of nitrogens with one attached hydrogen (secondary N) is 2. The molecule has 0 aliphatic carbocycles. The molecule has 0 aliphatic heterocycles. The van der Waals surface area contributed by atoms with Crippen molar-refractivity contribution in [2.45, 2.75) is 5.51 Å². The van der Waals surface area contributed by atoms with Gasteiger partial charge in [0.05, 0.1) is 39.7 Å². The average molecular weight is 490 g/mol. The standard InChI is InChI=1S/C20H21F3N2O7S/c1-29-13-10-17(31-3)14(18(11-13)32-4)6-8-19(26)24-12-5-7-16(30-2)15(9-12)25-33(27,28)20(21,22)23/h5-11,25H,1-4H3,(H,24,26). The number of anilines is 2. The Morgan fingerprint density at radius 2 is 1.48 bits per heavy atom. The lowest BCUT2D eigenvalue weighted by atomic mass is 10.1. The van der Waals surface area contributed by atoms with E-state index in [9.17, 15) is 26.4 Å². The van der Waals surface area contributed by atoms with Gasteiger partial charge in [-0.05, 0) is 24.3 Å². The highest BCUT2D eigenvalue weighted by Crippen LogP contribution is 2.35. The first-order valence-electron chi connectivity index (χ1n) is 9.02. The topological polar surface area (TPSA) is 112 Å². The Kier molecular flexibility index (Phi) is 8.03. The molecule has 0 heterocycles. The quantitative estimate of drug-likeness (QED) is 0.516. The van der Waals surface area contributed by atoms with E-state index in [1.807, 2.05) is 0 Å². The maximum absolute atomic E-state index is 12.7. The van der Waals surface area contributed by atoms with E-state index < -0.39 is 27.1 Å². The molecule has 0 fully saturated rings. The predicted octanol–water partition coefficient (Wildman–Crippen LogP) is 3.63. The van der Waals surface area contributed by atoms with Crippen molar-refractivity contribution in [3.8, 4) is 23.0 Å². The van der Waals surface area contributed by atoms with Gasteiger partial charge in [-0.25, -0.2) is 0 Å². The molecule has 0 aromatic heterocycles. The number of amides is 1. The zero-order valence-corrected chi connectivity index (χ0v) is 18.8. The van der Waals surface area contributed by atoms with Gasteiger partial charge in [0.25, 0.3) is 0 Å². The first kappa shape index (κ1) is 25.6. The van der Waals surface area contributed by atoms with Crippen LogP contribution in [0, 0.1) is 0 Å². The summed E-state index contributed by atoms with van der Waals surface area (Å²) < 4.78 is 82.9. The molecule has 0 aliphatic rings. The summed E-state index contributed by atoms with van der Waals surface area (Å²) >= 11 is 0. The van der Waals surface area contributed by atoms with Crippen molar-refractivity contribution in [1.82, 2.24) is 0 Å². The fourth-order valence-corrected chi connectivity index (χ4v) is 3.17. The van der Waals surface area contributed by atoms with Crippen molar-refractivity contribution >= 4 is 33.4 Å². The summed E-state index contributed by atoms with van der Waals surface area (Å²) in [5.74, 6) is 0.359. The highest BCUT2D eigenvalue weighted by atomic mass is 32.2. The average Bonchev–Trinajstić information content (AvgIpc) is 2.76. The number of halogens is 3. The van der Waals surface area contributed by atoms with Crippen LogP contribution in [0.5, 0.6) is 23.0 Å². The van der Waals surface area contributed by atoms with Crippen LogP contribution in [0.4, 0.5) is 24.5 Å². The molecule has 0 unspecified atom stereocenters. The molecule has 9 nitrogen and oxygen atoms in total. The highest BCUT2D eigenvalue weighted by molar-refractivity contribution is 7.93.